The molecule has 120 valence electrons. The Hall–Kier alpha value is -1.69. The lowest BCUT2D eigenvalue weighted by Gasteiger charge is -2.00. The van der Waals surface area contributed by atoms with Crippen LogP contribution < -0.4 is 0 Å². The minimum atomic E-state index is -0.473. The third-order valence-electron chi connectivity index (χ3n) is 2.64. The molecule has 0 aromatic heterocycles. The lowest BCUT2D eigenvalue weighted by Crippen LogP contribution is -2.01. The fraction of sp³-hybridized carbons (Fsp3) is 0.0625. The molecule has 2 rings (SSSR count). The maximum absolute atomic E-state index is 11.0. The Morgan fingerprint density at radius 1 is 1.00 bits per heavy atom. The molecule has 2 aromatic carbocycles. The van der Waals surface area contributed by atoms with Crippen molar-refractivity contribution in [2.24, 2.45) is 0 Å². The summed E-state index contributed by atoms with van der Waals surface area (Å²) in [4.78, 5) is 31.6. The first-order valence-electron chi connectivity index (χ1n) is 6.16. The predicted octanol–water partition coefficient (Wildman–Crippen LogP) is 4.85. The Kier molecular flexibility index (Phi) is 7.95. The average molecular weight is 418 g/mol. The van der Waals surface area contributed by atoms with Crippen LogP contribution in [0, 0.1) is 0 Å². The highest BCUT2D eigenvalue weighted by molar-refractivity contribution is 9.10. The maximum Gasteiger partial charge on any atom is 0.337 e. The number of halogens is 3. The number of rotatable bonds is 3. The van der Waals surface area contributed by atoms with Gasteiger partial charge in [0, 0.05) is 15.6 Å². The molecule has 0 bridgehead atoms. The van der Waals surface area contributed by atoms with Crippen molar-refractivity contribution in [3.8, 4) is 0 Å². The zero-order valence-corrected chi connectivity index (χ0v) is 15.0. The normalized spacial score (nSPS) is 9.39. The molecule has 0 amide bonds. The molecular weight excluding hydrogens is 407 g/mol. The fourth-order valence-corrected chi connectivity index (χ4v) is 2.41. The summed E-state index contributed by atoms with van der Waals surface area (Å²) in [6, 6.07) is 9.49. The van der Waals surface area contributed by atoms with Gasteiger partial charge in [-0.3, -0.25) is 9.59 Å². The number of carbonyl (C=O) groups excluding carboxylic acids is 3. The van der Waals surface area contributed by atoms with Gasteiger partial charge in [-0.2, -0.15) is 0 Å². The highest BCUT2D eigenvalue weighted by atomic mass is 79.9. The Labute approximate surface area is 151 Å². The van der Waals surface area contributed by atoms with E-state index in [1.54, 1.807) is 18.2 Å². The summed E-state index contributed by atoms with van der Waals surface area (Å²) in [5.74, 6) is -0.473. The van der Waals surface area contributed by atoms with E-state index in [4.69, 9.17) is 23.2 Å². The van der Waals surface area contributed by atoms with Crippen LogP contribution in [0.3, 0.4) is 0 Å². The molecule has 0 saturated carbocycles. The molecule has 0 atom stereocenters. The van der Waals surface area contributed by atoms with Crippen LogP contribution in [0.1, 0.15) is 31.1 Å². The zero-order valence-electron chi connectivity index (χ0n) is 11.9. The Morgan fingerprint density at radius 3 is 1.96 bits per heavy atom. The van der Waals surface area contributed by atoms with Gasteiger partial charge in [0.2, 0.25) is 0 Å². The number of ether oxygens (including phenoxy) is 1. The SMILES string of the molecule is COC(=O)c1ccc(C=O)c(Cl)c1.O=Cc1ccc(Br)cc1Cl. The van der Waals surface area contributed by atoms with Gasteiger partial charge in [-0.05, 0) is 36.4 Å². The van der Waals surface area contributed by atoms with E-state index in [-0.39, 0.29) is 5.02 Å². The molecule has 4 nitrogen and oxygen atoms in total. The summed E-state index contributed by atoms with van der Waals surface area (Å²) in [6.07, 6.45) is 1.36. The van der Waals surface area contributed by atoms with Gasteiger partial charge in [0.25, 0.3) is 0 Å². The first-order valence-corrected chi connectivity index (χ1v) is 7.71. The zero-order chi connectivity index (χ0) is 17.4. The second kappa shape index (κ2) is 9.45. The summed E-state index contributed by atoms with van der Waals surface area (Å²) in [7, 11) is 1.28. The van der Waals surface area contributed by atoms with Crippen molar-refractivity contribution in [2.45, 2.75) is 0 Å². The van der Waals surface area contributed by atoms with Crippen LogP contribution in [0.25, 0.3) is 0 Å². The van der Waals surface area contributed by atoms with E-state index >= 15 is 0 Å². The number of hydrogen-bond acceptors (Lipinski definition) is 4. The van der Waals surface area contributed by atoms with E-state index in [0.717, 1.165) is 10.8 Å². The fourth-order valence-electron chi connectivity index (χ4n) is 1.46. The molecule has 23 heavy (non-hydrogen) atoms. The molecule has 0 N–H and O–H groups in total. The molecule has 0 heterocycles. The predicted molar refractivity (Wildman–Crippen MR) is 92.7 cm³/mol. The summed E-state index contributed by atoms with van der Waals surface area (Å²) in [5.41, 5.74) is 1.21. The monoisotopic (exact) mass is 416 g/mol. The van der Waals surface area contributed by atoms with Gasteiger partial charge in [-0.1, -0.05) is 39.1 Å². The van der Waals surface area contributed by atoms with Gasteiger partial charge < -0.3 is 4.74 Å². The number of carbonyl (C=O) groups is 3. The summed E-state index contributed by atoms with van der Waals surface area (Å²) >= 11 is 14.6. The van der Waals surface area contributed by atoms with Crippen molar-refractivity contribution in [2.75, 3.05) is 7.11 Å². The number of methoxy groups -OCH3 is 1. The van der Waals surface area contributed by atoms with Crippen molar-refractivity contribution < 1.29 is 19.1 Å². The molecule has 0 saturated heterocycles. The number of hydrogen-bond donors (Lipinski definition) is 0. The van der Waals surface area contributed by atoms with Crippen LogP contribution in [0.2, 0.25) is 10.0 Å². The van der Waals surface area contributed by atoms with Crippen molar-refractivity contribution in [1.82, 2.24) is 0 Å². The molecule has 0 radical (unpaired) electrons. The van der Waals surface area contributed by atoms with Crippen LogP contribution in [-0.4, -0.2) is 25.7 Å². The Morgan fingerprint density at radius 2 is 1.52 bits per heavy atom. The second-order valence-electron chi connectivity index (χ2n) is 4.13. The summed E-state index contributed by atoms with van der Waals surface area (Å²) in [5, 5.41) is 0.724. The van der Waals surface area contributed by atoms with Crippen LogP contribution in [0.15, 0.2) is 40.9 Å². The molecule has 0 aliphatic heterocycles. The number of esters is 1. The quantitative estimate of drug-likeness (QED) is 0.528. The van der Waals surface area contributed by atoms with E-state index in [0.29, 0.717) is 28.0 Å². The molecule has 2 aromatic rings. The second-order valence-corrected chi connectivity index (χ2v) is 5.86. The molecular formula is C16H11BrCl2O4. The van der Waals surface area contributed by atoms with Crippen molar-refractivity contribution in [3.63, 3.8) is 0 Å². The smallest absolute Gasteiger partial charge is 0.337 e. The topological polar surface area (TPSA) is 60.4 Å². The minimum absolute atomic E-state index is 0.248. The Balaban J connectivity index is 0.000000238. The van der Waals surface area contributed by atoms with Gasteiger partial charge in [-0.15, -0.1) is 0 Å². The summed E-state index contributed by atoms with van der Waals surface area (Å²) in [6.45, 7) is 0. The first kappa shape index (κ1) is 19.4. The van der Waals surface area contributed by atoms with Gasteiger partial charge >= 0.3 is 5.97 Å². The van der Waals surface area contributed by atoms with Crippen LogP contribution in [-0.2, 0) is 4.74 Å². The van der Waals surface area contributed by atoms with E-state index in [9.17, 15) is 14.4 Å². The standard InChI is InChI=1S/C9H7ClO3.C7H4BrClO/c1-13-9(12)6-2-3-7(5-11)8(10)4-6;8-6-2-1-5(4-10)7(9)3-6/h2-5H,1H3;1-4H. The third-order valence-corrected chi connectivity index (χ3v) is 3.79. The number of benzene rings is 2. The maximum atomic E-state index is 11.0. The first-order chi connectivity index (χ1) is 10.9. The van der Waals surface area contributed by atoms with Gasteiger partial charge in [0.05, 0.1) is 22.7 Å². The molecule has 0 aliphatic rings. The van der Waals surface area contributed by atoms with Crippen molar-refractivity contribution in [1.29, 1.82) is 0 Å². The van der Waals surface area contributed by atoms with E-state index in [2.05, 4.69) is 20.7 Å². The number of aldehydes is 2. The van der Waals surface area contributed by atoms with Crippen LogP contribution in [0.5, 0.6) is 0 Å². The van der Waals surface area contributed by atoms with Crippen LogP contribution >= 0.6 is 39.1 Å². The summed E-state index contributed by atoms with van der Waals surface area (Å²) < 4.78 is 5.36. The van der Waals surface area contributed by atoms with Crippen molar-refractivity contribution >= 4 is 57.7 Å². The average Bonchev–Trinajstić information content (AvgIpc) is 2.54. The van der Waals surface area contributed by atoms with E-state index in [1.165, 1.54) is 25.3 Å². The highest BCUT2D eigenvalue weighted by Crippen LogP contribution is 2.19. The molecule has 0 spiro atoms. The van der Waals surface area contributed by atoms with E-state index in [1.807, 2.05) is 0 Å². The third kappa shape index (κ3) is 5.78. The lowest BCUT2D eigenvalue weighted by molar-refractivity contribution is 0.0600. The lowest BCUT2D eigenvalue weighted by atomic mass is 10.1. The highest BCUT2D eigenvalue weighted by Gasteiger charge is 2.07. The largest absolute Gasteiger partial charge is 0.465 e. The molecule has 0 unspecified atom stereocenters. The van der Waals surface area contributed by atoms with Gasteiger partial charge in [0.15, 0.2) is 12.6 Å². The Bertz CT molecular complexity index is 732. The molecule has 0 fully saturated rings. The van der Waals surface area contributed by atoms with Gasteiger partial charge in [0.1, 0.15) is 0 Å². The minimum Gasteiger partial charge on any atom is -0.465 e. The van der Waals surface area contributed by atoms with Crippen molar-refractivity contribution in [3.05, 3.63) is 67.6 Å². The molecule has 7 heteroatoms. The van der Waals surface area contributed by atoms with Crippen LogP contribution in [0.4, 0.5) is 0 Å². The molecule has 0 aliphatic carbocycles. The van der Waals surface area contributed by atoms with Gasteiger partial charge in [-0.25, -0.2) is 4.79 Å². The van der Waals surface area contributed by atoms with E-state index < -0.39 is 5.97 Å².